The highest BCUT2D eigenvalue weighted by molar-refractivity contribution is 7.92. The number of hydrogen-bond donors (Lipinski definition) is 1. The first kappa shape index (κ1) is 27.8. The van der Waals surface area contributed by atoms with Crippen molar-refractivity contribution in [3.8, 4) is 11.5 Å². The molecule has 35 heavy (non-hydrogen) atoms. The second-order valence-corrected chi connectivity index (χ2v) is 8.60. The number of hydrogen-bond acceptors (Lipinski definition) is 9. The van der Waals surface area contributed by atoms with E-state index in [2.05, 4.69) is 14.4 Å². The number of nitrogens with one attached hydrogen (secondary N) is 1. The number of Topliss-reactive ketones (excluding diaryl/α,β-unsaturated/α-hetero) is 2. The zero-order valence-corrected chi connectivity index (χ0v) is 19.2. The molecule has 0 saturated heterocycles. The molecule has 2 aromatic rings. The molecule has 0 unspecified atom stereocenters. The summed E-state index contributed by atoms with van der Waals surface area (Å²) in [7, 11) is -4.63. The first-order chi connectivity index (χ1) is 16.3. The molecule has 2 rings (SSSR count). The number of aromatic nitrogens is 1. The van der Waals surface area contributed by atoms with E-state index in [1.807, 2.05) is 4.72 Å². The van der Waals surface area contributed by atoms with Gasteiger partial charge in [0, 0.05) is 25.3 Å². The van der Waals surface area contributed by atoms with Gasteiger partial charge in [0.25, 0.3) is 15.1 Å². The highest BCUT2D eigenvalue weighted by Gasteiger charge is 2.38. The van der Waals surface area contributed by atoms with Gasteiger partial charge in [0.15, 0.2) is 23.9 Å². The maximum Gasteiger partial charge on any atom is 0.573 e. The molecule has 0 spiro atoms. The normalized spacial score (nSPS) is 11.7. The summed E-state index contributed by atoms with van der Waals surface area (Å²) in [6.45, 7) is 1.61. The van der Waals surface area contributed by atoms with Crippen LogP contribution in [0.15, 0.2) is 27.9 Å². The van der Waals surface area contributed by atoms with Crippen LogP contribution >= 0.6 is 0 Å². The minimum Gasteiger partial charge on any atom is -0.477 e. The van der Waals surface area contributed by atoms with Crippen LogP contribution in [0.4, 0.5) is 23.2 Å². The van der Waals surface area contributed by atoms with E-state index >= 15 is 0 Å². The fourth-order valence-corrected chi connectivity index (χ4v) is 3.85. The summed E-state index contributed by atoms with van der Waals surface area (Å²) in [5, 5.41) is 2.47. The molecule has 0 fully saturated rings. The Morgan fingerprint density at radius 2 is 1.86 bits per heavy atom. The van der Waals surface area contributed by atoms with Gasteiger partial charge in [-0.05, 0) is 18.1 Å². The molecule has 1 heterocycles. The maximum absolute atomic E-state index is 13.3. The van der Waals surface area contributed by atoms with Gasteiger partial charge in [-0.25, -0.2) is 0 Å². The predicted molar refractivity (Wildman–Crippen MR) is 110 cm³/mol. The molecule has 10 nitrogen and oxygen atoms in total. The fraction of sp³-hybridized carbons (Fsp3) is 0.400. The van der Waals surface area contributed by atoms with Crippen LogP contribution in [0.25, 0.3) is 0 Å². The first-order valence-electron chi connectivity index (χ1n) is 10.0. The average Bonchev–Trinajstić information content (AvgIpc) is 3.28. The summed E-state index contributed by atoms with van der Waals surface area (Å²) in [6.07, 6.45) is -5.13. The van der Waals surface area contributed by atoms with Gasteiger partial charge in [0.05, 0.1) is 17.4 Å². The Morgan fingerprint density at radius 1 is 1.17 bits per heavy atom. The quantitative estimate of drug-likeness (QED) is 0.235. The number of benzene rings is 1. The molecular weight excluding hydrogens is 504 g/mol. The summed E-state index contributed by atoms with van der Waals surface area (Å²) in [6, 6.07) is -0.313. The van der Waals surface area contributed by atoms with Crippen molar-refractivity contribution in [1.29, 1.82) is 0 Å². The molecule has 192 valence electrons. The smallest absolute Gasteiger partial charge is 0.477 e. The number of ether oxygens (including phenoxy) is 2. The van der Waals surface area contributed by atoms with Crippen LogP contribution in [0, 0.1) is 0 Å². The average molecular weight is 524 g/mol. The highest BCUT2D eigenvalue weighted by atomic mass is 32.2. The highest BCUT2D eigenvalue weighted by Crippen LogP contribution is 2.45. The number of carbonyl (C=O) groups excluding carboxylic acids is 3. The number of ketones is 2. The number of rotatable bonds is 13. The third kappa shape index (κ3) is 7.50. The SMILES string of the molecule is CCCC(=O)c1c(CC(=O)CC)cc(NS(=O)(=O)c2ccno2)c(OCC(=O)F)c1OC(F)(F)F. The predicted octanol–water partition coefficient (Wildman–Crippen LogP) is 3.75. The van der Waals surface area contributed by atoms with Crippen molar-refractivity contribution in [3.63, 3.8) is 0 Å². The Bertz CT molecular complexity index is 1190. The van der Waals surface area contributed by atoms with Crippen molar-refractivity contribution >= 4 is 33.3 Å². The monoisotopic (exact) mass is 524 g/mol. The van der Waals surface area contributed by atoms with Crippen molar-refractivity contribution in [3.05, 3.63) is 29.5 Å². The summed E-state index contributed by atoms with van der Waals surface area (Å²) in [4.78, 5) is 35.8. The molecule has 0 atom stereocenters. The van der Waals surface area contributed by atoms with Crippen LogP contribution in [0.5, 0.6) is 11.5 Å². The van der Waals surface area contributed by atoms with Crippen LogP contribution in [0.1, 0.15) is 49.0 Å². The van der Waals surface area contributed by atoms with Crippen LogP contribution in [0.2, 0.25) is 0 Å². The van der Waals surface area contributed by atoms with Crippen molar-refractivity contribution < 1.29 is 54.4 Å². The third-order valence-electron chi connectivity index (χ3n) is 4.33. The Hall–Kier alpha value is -3.49. The zero-order chi connectivity index (χ0) is 26.4. The lowest BCUT2D eigenvalue weighted by atomic mass is 9.94. The van der Waals surface area contributed by atoms with Gasteiger partial charge in [-0.3, -0.25) is 19.1 Å². The van der Waals surface area contributed by atoms with E-state index in [0.29, 0.717) is 0 Å². The van der Waals surface area contributed by atoms with Crippen molar-refractivity contribution in [2.45, 2.75) is 51.0 Å². The van der Waals surface area contributed by atoms with E-state index in [-0.39, 0.29) is 24.8 Å². The van der Waals surface area contributed by atoms with Gasteiger partial charge in [0.1, 0.15) is 5.78 Å². The lowest BCUT2D eigenvalue weighted by Crippen LogP contribution is -2.23. The van der Waals surface area contributed by atoms with E-state index in [1.165, 1.54) is 6.92 Å². The van der Waals surface area contributed by atoms with Gasteiger partial charge in [-0.2, -0.15) is 12.8 Å². The molecule has 1 aromatic heterocycles. The topological polar surface area (TPSA) is 142 Å². The van der Waals surface area contributed by atoms with E-state index in [1.54, 1.807) is 6.92 Å². The van der Waals surface area contributed by atoms with Crippen molar-refractivity contribution in [1.82, 2.24) is 5.16 Å². The van der Waals surface area contributed by atoms with Crippen LogP contribution in [0.3, 0.4) is 0 Å². The second-order valence-electron chi connectivity index (χ2n) is 6.99. The first-order valence-corrected chi connectivity index (χ1v) is 11.5. The van der Waals surface area contributed by atoms with Gasteiger partial charge in [0.2, 0.25) is 0 Å². The Balaban J connectivity index is 2.88. The van der Waals surface area contributed by atoms with E-state index in [9.17, 15) is 40.4 Å². The van der Waals surface area contributed by atoms with E-state index < -0.39 is 74.9 Å². The largest absolute Gasteiger partial charge is 0.573 e. The molecule has 0 saturated carbocycles. The van der Waals surface area contributed by atoms with Crippen LogP contribution < -0.4 is 14.2 Å². The van der Waals surface area contributed by atoms with Crippen molar-refractivity contribution in [2.75, 3.05) is 11.3 Å². The Kier molecular flexibility index (Phi) is 8.95. The Labute approximate surface area is 196 Å². The second kappa shape index (κ2) is 11.3. The van der Waals surface area contributed by atoms with Crippen LogP contribution in [-0.2, 0) is 26.0 Å². The maximum atomic E-state index is 13.3. The molecular formula is C20H20F4N2O8S. The molecule has 0 amide bonds. The molecule has 0 aliphatic rings. The van der Waals surface area contributed by atoms with E-state index in [0.717, 1.165) is 18.3 Å². The summed E-state index contributed by atoms with van der Waals surface area (Å²) in [5.74, 6) is -3.80. The minimum atomic E-state index is -5.42. The summed E-state index contributed by atoms with van der Waals surface area (Å²) >= 11 is 0. The van der Waals surface area contributed by atoms with E-state index in [4.69, 9.17) is 4.74 Å². The molecule has 1 N–H and O–H groups in total. The minimum absolute atomic E-state index is 0.0510. The lowest BCUT2D eigenvalue weighted by Gasteiger charge is -2.22. The van der Waals surface area contributed by atoms with Gasteiger partial charge in [-0.1, -0.05) is 19.0 Å². The molecule has 0 radical (unpaired) electrons. The number of sulfonamides is 1. The third-order valence-corrected chi connectivity index (χ3v) is 5.56. The molecule has 0 aliphatic carbocycles. The van der Waals surface area contributed by atoms with Crippen molar-refractivity contribution in [2.24, 2.45) is 0 Å². The summed E-state index contributed by atoms with van der Waals surface area (Å²) < 4.78 is 93.5. The number of halogens is 4. The standard InChI is InChI=1S/C20H20F4N2O8S/c1-3-5-14(28)17-11(8-12(27)4-2)9-13(26-35(30,31)16-6-7-25-34-16)18(32-10-15(21)29)19(17)33-20(22,23)24/h6-7,9,26H,3-5,8,10H2,1-2H3. The summed E-state index contributed by atoms with van der Waals surface area (Å²) in [5.41, 5.74) is -1.78. The molecule has 0 bridgehead atoms. The number of anilines is 1. The fourth-order valence-electron chi connectivity index (χ4n) is 2.93. The Morgan fingerprint density at radius 3 is 2.37 bits per heavy atom. The van der Waals surface area contributed by atoms with Crippen LogP contribution in [-0.4, -0.2) is 44.1 Å². The number of carbonyl (C=O) groups is 3. The van der Waals surface area contributed by atoms with Gasteiger partial charge in [-0.15, -0.1) is 13.2 Å². The molecule has 0 aliphatic heterocycles. The molecule has 1 aromatic carbocycles. The van der Waals surface area contributed by atoms with Gasteiger partial charge < -0.3 is 14.0 Å². The number of alkyl halides is 3. The molecule has 15 heteroatoms. The zero-order valence-electron chi connectivity index (χ0n) is 18.4. The number of nitrogens with zero attached hydrogens (tertiary/aromatic N) is 1. The van der Waals surface area contributed by atoms with Gasteiger partial charge >= 0.3 is 12.4 Å². The lowest BCUT2D eigenvalue weighted by molar-refractivity contribution is -0.275.